The number of nitrogens with one attached hydrogen (secondary N) is 1. The van der Waals surface area contributed by atoms with Gasteiger partial charge < -0.3 is 10.2 Å². The van der Waals surface area contributed by atoms with Crippen LogP contribution < -0.4 is 5.32 Å². The minimum Gasteiger partial charge on any atom is -0.351 e. The van der Waals surface area contributed by atoms with Crippen molar-refractivity contribution in [1.29, 1.82) is 0 Å². The molecule has 1 fully saturated rings. The number of benzene rings is 1. The Kier molecular flexibility index (Phi) is 4.43. The molecule has 0 spiro atoms. The van der Waals surface area contributed by atoms with Gasteiger partial charge in [-0.15, -0.1) is 11.3 Å². The number of carbonyl (C=O) groups excluding carboxylic acids is 2. The highest BCUT2D eigenvalue weighted by molar-refractivity contribution is 7.09. The highest BCUT2D eigenvalue weighted by Gasteiger charge is 2.42. The zero-order valence-electron chi connectivity index (χ0n) is 12.7. The van der Waals surface area contributed by atoms with E-state index in [-0.39, 0.29) is 30.1 Å². The van der Waals surface area contributed by atoms with Gasteiger partial charge >= 0.3 is 0 Å². The summed E-state index contributed by atoms with van der Waals surface area (Å²) >= 11 is 1.57. The van der Waals surface area contributed by atoms with Gasteiger partial charge in [0.05, 0.1) is 18.5 Å². The first-order valence-electron chi connectivity index (χ1n) is 7.37. The summed E-state index contributed by atoms with van der Waals surface area (Å²) in [5.74, 6) is -1.02. The predicted molar refractivity (Wildman–Crippen MR) is 86.2 cm³/mol. The predicted octanol–water partition coefficient (Wildman–Crippen LogP) is 2.72. The van der Waals surface area contributed by atoms with Crippen LogP contribution >= 0.6 is 11.3 Å². The van der Waals surface area contributed by atoms with Crippen LogP contribution in [-0.4, -0.2) is 23.8 Å². The summed E-state index contributed by atoms with van der Waals surface area (Å²) in [4.78, 5) is 27.2. The molecule has 0 bridgehead atoms. The van der Waals surface area contributed by atoms with Crippen molar-refractivity contribution in [3.63, 3.8) is 0 Å². The van der Waals surface area contributed by atoms with E-state index in [0.29, 0.717) is 6.54 Å². The number of rotatable bonds is 4. The van der Waals surface area contributed by atoms with E-state index in [9.17, 15) is 14.0 Å². The lowest BCUT2D eigenvalue weighted by molar-refractivity contribution is -0.128. The fraction of sp³-hybridized carbons (Fsp3) is 0.294. The molecule has 2 atom stereocenters. The van der Waals surface area contributed by atoms with E-state index in [2.05, 4.69) is 5.32 Å². The molecule has 3 rings (SSSR count). The molecular weight excluding hydrogens is 315 g/mol. The molecule has 1 N–H and O–H groups in total. The summed E-state index contributed by atoms with van der Waals surface area (Å²) in [7, 11) is 1.68. The third-order valence-corrected chi connectivity index (χ3v) is 5.03. The first-order chi connectivity index (χ1) is 11.1. The number of thiophene rings is 1. The van der Waals surface area contributed by atoms with Gasteiger partial charge in [0.1, 0.15) is 5.82 Å². The van der Waals surface area contributed by atoms with Gasteiger partial charge in [-0.05, 0) is 29.1 Å². The second-order valence-corrected chi connectivity index (χ2v) is 6.64. The Morgan fingerprint density at radius 2 is 2.09 bits per heavy atom. The number of nitrogens with zero attached hydrogens (tertiary/aromatic N) is 1. The van der Waals surface area contributed by atoms with Crippen LogP contribution in [0.5, 0.6) is 0 Å². The lowest BCUT2D eigenvalue weighted by Crippen LogP contribution is -2.34. The molecule has 0 radical (unpaired) electrons. The molecule has 2 amide bonds. The number of likely N-dealkylation sites (tertiary alicyclic amines) is 1. The first kappa shape index (κ1) is 15.7. The molecule has 1 aromatic heterocycles. The van der Waals surface area contributed by atoms with Gasteiger partial charge in [0.15, 0.2) is 0 Å². The second-order valence-electron chi connectivity index (χ2n) is 5.61. The fourth-order valence-electron chi connectivity index (χ4n) is 2.94. The van der Waals surface area contributed by atoms with E-state index in [1.807, 2.05) is 17.5 Å². The molecule has 1 saturated heterocycles. The summed E-state index contributed by atoms with van der Waals surface area (Å²) in [6.45, 7) is 0.459. The molecule has 23 heavy (non-hydrogen) atoms. The Balaban J connectivity index is 1.76. The average Bonchev–Trinajstić information content (AvgIpc) is 3.15. The normalized spacial score (nSPS) is 20.8. The molecule has 1 aliphatic rings. The van der Waals surface area contributed by atoms with Crippen LogP contribution in [0.25, 0.3) is 0 Å². The van der Waals surface area contributed by atoms with Gasteiger partial charge in [0, 0.05) is 18.3 Å². The molecule has 0 unspecified atom stereocenters. The maximum absolute atomic E-state index is 13.1. The largest absolute Gasteiger partial charge is 0.351 e. The molecule has 2 heterocycles. The Bertz CT molecular complexity index is 700. The summed E-state index contributed by atoms with van der Waals surface area (Å²) in [6.07, 6.45) is 0.175. The average molecular weight is 332 g/mol. The zero-order chi connectivity index (χ0) is 16.4. The van der Waals surface area contributed by atoms with Crippen molar-refractivity contribution in [1.82, 2.24) is 10.2 Å². The Labute approximate surface area is 137 Å². The van der Waals surface area contributed by atoms with E-state index in [1.165, 1.54) is 12.1 Å². The maximum Gasteiger partial charge on any atom is 0.226 e. The van der Waals surface area contributed by atoms with Gasteiger partial charge in [-0.1, -0.05) is 18.2 Å². The Morgan fingerprint density at radius 3 is 2.74 bits per heavy atom. The van der Waals surface area contributed by atoms with Crippen molar-refractivity contribution >= 4 is 23.2 Å². The Hall–Kier alpha value is -2.21. The van der Waals surface area contributed by atoms with Crippen LogP contribution in [0.1, 0.15) is 22.9 Å². The quantitative estimate of drug-likeness (QED) is 0.936. The number of halogens is 1. The minimum absolute atomic E-state index is 0.0735. The lowest BCUT2D eigenvalue weighted by Gasteiger charge is -2.24. The monoisotopic (exact) mass is 332 g/mol. The molecule has 1 aliphatic heterocycles. The van der Waals surface area contributed by atoms with Crippen molar-refractivity contribution in [2.45, 2.75) is 19.0 Å². The van der Waals surface area contributed by atoms with E-state index in [4.69, 9.17) is 0 Å². The molecule has 1 aromatic carbocycles. The van der Waals surface area contributed by atoms with E-state index in [0.717, 1.165) is 10.4 Å². The van der Waals surface area contributed by atoms with Crippen LogP contribution in [0, 0.1) is 11.7 Å². The summed E-state index contributed by atoms with van der Waals surface area (Å²) < 4.78 is 13.1. The maximum atomic E-state index is 13.1. The van der Waals surface area contributed by atoms with Crippen LogP contribution in [0.4, 0.5) is 4.39 Å². The first-order valence-corrected chi connectivity index (χ1v) is 8.25. The van der Waals surface area contributed by atoms with Gasteiger partial charge in [0.25, 0.3) is 0 Å². The number of amides is 2. The Morgan fingerprint density at radius 1 is 1.35 bits per heavy atom. The molecule has 120 valence electrons. The van der Waals surface area contributed by atoms with E-state index in [1.54, 1.807) is 35.4 Å². The smallest absolute Gasteiger partial charge is 0.226 e. The van der Waals surface area contributed by atoms with Crippen LogP contribution in [0.15, 0.2) is 41.8 Å². The standard InChI is InChI=1S/C17H17FN2O2S/c1-20-15(21)9-14(16(20)11-4-6-12(18)7-5-11)17(22)19-10-13-3-2-8-23-13/h2-8,14,16H,9-10H2,1H3,(H,19,22)/t14-,16-/m1/s1. The zero-order valence-corrected chi connectivity index (χ0v) is 13.5. The van der Waals surface area contributed by atoms with Crippen LogP contribution in [0.3, 0.4) is 0 Å². The SMILES string of the molecule is CN1C(=O)C[C@@H](C(=O)NCc2cccs2)[C@H]1c1ccc(F)cc1. The number of hydrogen-bond donors (Lipinski definition) is 1. The van der Waals surface area contributed by atoms with Gasteiger partial charge in [-0.2, -0.15) is 0 Å². The summed E-state index contributed by atoms with van der Waals surface area (Å²) in [5, 5.41) is 4.85. The highest BCUT2D eigenvalue weighted by atomic mass is 32.1. The van der Waals surface area contributed by atoms with Crippen molar-refractivity contribution < 1.29 is 14.0 Å². The van der Waals surface area contributed by atoms with E-state index >= 15 is 0 Å². The molecule has 2 aromatic rings. The third kappa shape index (κ3) is 3.27. The second kappa shape index (κ2) is 6.50. The molecule has 0 saturated carbocycles. The molecule has 0 aliphatic carbocycles. The van der Waals surface area contributed by atoms with Gasteiger partial charge in [-0.25, -0.2) is 4.39 Å². The number of carbonyl (C=O) groups is 2. The van der Waals surface area contributed by atoms with Gasteiger partial charge in [0.2, 0.25) is 11.8 Å². The fourth-order valence-corrected chi connectivity index (χ4v) is 3.58. The van der Waals surface area contributed by atoms with Crippen LogP contribution in [-0.2, 0) is 16.1 Å². The van der Waals surface area contributed by atoms with Gasteiger partial charge in [-0.3, -0.25) is 9.59 Å². The van der Waals surface area contributed by atoms with Crippen molar-refractivity contribution in [3.8, 4) is 0 Å². The van der Waals surface area contributed by atoms with Crippen molar-refractivity contribution in [2.24, 2.45) is 5.92 Å². The summed E-state index contributed by atoms with van der Waals surface area (Å²) in [5.41, 5.74) is 0.774. The third-order valence-electron chi connectivity index (χ3n) is 4.15. The topological polar surface area (TPSA) is 49.4 Å². The highest BCUT2D eigenvalue weighted by Crippen LogP contribution is 2.37. The lowest BCUT2D eigenvalue weighted by atomic mass is 9.93. The van der Waals surface area contributed by atoms with Crippen molar-refractivity contribution in [2.75, 3.05) is 7.05 Å². The molecule has 6 heteroatoms. The van der Waals surface area contributed by atoms with Crippen LogP contribution in [0.2, 0.25) is 0 Å². The number of hydrogen-bond acceptors (Lipinski definition) is 3. The van der Waals surface area contributed by atoms with E-state index < -0.39 is 5.92 Å². The molecule has 4 nitrogen and oxygen atoms in total. The van der Waals surface area contributed by atoms with Crippen molar-refractivity contribution in [3.05, 3.63) is 58.0 Å². The molecular formula is C17H17FN2O2S. The minimum atomic E-state index is -0.460. The summed E-state index contributed by atoms with van der Waals surface area (Å²) in [6, 6.07) is 9.50.